The molecule has 0 amide bonds. The molecular weight excluding hydrogens is 640 g/mol. The molecule has 3 heterocycles. The number of carboxylic acid groups (broad SMARTS) is 1. The maximum atomic E-state index is 15.4. The first-order valence-corrected chi connectivity index (χ1v) is 16.9. The number of imidazole rings is 1. The lowest BCUT2D eigenvalue weighted by atomic mass is 9.92. The Balaban J connectivity index is 1.64. The Kier molecular flexibility index (Phi) is 10.8. The number of carbonyl (C=O) groups is 1. The van der Waals surface area contributed by atoms with E-state index in [4.69, 9.17) is 19.2 Å². The van der Waals surface area contributed by atoms with E-state index in [9.17, 15) is 14.3 Å². The molecule has 50 heavy (non-hydrogen) atoms. The van der Waals surface area contributed by atoms with E-state index in [-0.39, 0.29) is 23.0 Å². The number of aliphatic carboxylic acids is 1. The number of fused-ring (bicyclic) bond motifs is 1. The van der Waals surface area contributed by atoms with Crippen LogP contribution in [0.25, 0.3) is 28.0 Å². The standard InChI is InChI=1S/C40H47F2N3O5/c1-9-12-26(4)49-32-23-29(41)22-30(42)35(32)28-14-11-13-27(21-28)31-24-45-33(43-31)20-25(3)34(36(38(46)47)50-39(5,6)7)37(45)44-17-15-40(8,16-18-44)48-19-10-2/h9-11,13-14,20-24,26,36H,1-2,12,15-19H2,3-8H3,(H,46,47). The second-order valence-electron chi connectivity index (χ2n) is 14.2. The van der Waals surface area contributed by atoms with Gasteiger partial charge in [-0.1, -0.05) is 30.4 Å². The lowest BCUT2D eigenvalue weighted by Gasteiger charge is -2.41. The monoisotopic (exact) mass is 687 g/mol. The first-order chi connectivity index (χ1) is 23.6. The average molecular weight is 688 g/mol. The van der Waals surface area contributed by atoms with Crippen molar-refractivity contribution in [3.63, 3.8) is 0 Å². The number of benzene rings is 2. The highest BCUT2D eigenvalue weighted by atomic mass is 19.1. The second-order valence-corrected chi connectivity index (χ2v) is 14.2. The fraction of sp³-hybridized carbons (Fsp3) is 0.400. The topological polar surface area (TPSA) is 85.5 Å². The Morgan fingerprint density at radius 2 is 1.80 bits per heavy atom. The molecule has 0 bridgehead atoms. The first-order valence-electron chi connectivity index (χ1n) is 16.9. The molecule has 0 radical (unpaired) electrons. The Bertz CT molecular complexity index is 1890. The van der Waals surface area contributed by atoms with E-state index in [1.807, 2.05) is 57.3 Å². The molecule has 2 aromatic heterocycles. The lowest BCUT2D eigenvalue weighted by Crippen LogP contribution is -2.45. The van der Waals surface area contributed by atoms with Crippen molar-refractivity contribution in [2.24, 2.45) is 0 Å². The summed E-state index contributed by atoms with van der Waals surface area (Å²) in [7, 11) is 0. The Hall–Kier alpha value is -4.54. The van der Waals surface area contributed by atoms with Crippen LogP contribution in [0, 0.1) is 18.6 Å². The second kappa shape index (κ2) is 14.7. The molecule has 4 aromatic rings. The number of halogens is 2. The summed E-state index contributed by atoms with van der Waals surface area (Å²) in [5.41, 5.74) is 2.75. The van der Waals surface area contributed by atoms with Gasteiger partial charge in [-0.05, 0) is 77.6 Å². The van der Waals surface area contributed by atoms with Gasteiger partial charge in [-0.25, -0.2) is 18.6 Å². The third-order valence-corrected chi connectivity index (χ3v) is 8.89. The Labute approximate surface area is 293 Å². The van der Waals surface area contributed by atoms with Crippen molar-refractivity contribution in [3.05, 3.63) is 96.7 Å². The van der Waals surface area contributed by atoms with Crippen molar-refractivity contribution in [1.82, 2.24) is 9.38 Å². The smallest absolute Gasteiger partial charge is 0.337 e. The summed E-state index contributed by atoms with van der Waals surface area (Å²) in [6.45, 7) is 20.5. The van der Waals surface area contributed by atoms with Crippen LogP contribution in [0.3, 0.4) is 0 Å². The Morgan fingerprint density at radius 1 is 1.10 bits per heavy atom. The quantitative estimate of drug-likeness (QED) is 0.140. The summed E-state index contributed by atoms with van der Waals surface area (Å²) >= 11 is 0. The van der Waals surface area contributed by atoms with Gasteiger partial charge < -0.3 is 24.2 Å². The minimum atomic E-state index is -1.24. The van der Waals surface area contributed by atoms with Crippen molar-refractivity contribution in [3.8, 4) is 28.1 Å². The number of pyridine rings is 1. The van der Waals surface area contributed by atoms with E-state index in [1.165, 1.54) is 6.07 Å². The number of piperidine rings is 1. The summed E-state index contributed by atoms with van der Waals surface area (Å²) in [5, 5.41) is 10.5. The molecule has 8 nitrogen and oxygen atoms in total. The van der Waals surface area contributed by atoms with Crippen LogP contribution in [-0.2, 0) is 14.3 Å². The van der Waals surface area contributed by atoms with E-state index in [2.05, 4.69) is 25.0 Å². The molecule has 2 atom stereocenters. The van der Waals surface area contributed by atoms with Gasteiger partial charge in [0.25, 0.3) is 0 Å². The predicted octanol–water partition coefficient (Wildman–Crippen LogP) is 9.10. The van der Waals surface area contributed by atoms with E-state index in [0.717, 1.165) is 24.5 Å². The van der Waals surface area contributed by atoms with Gasteiger partial charge in [0.2, 0.25) is 0 Å². The summed E-state index contributed by atoms with van der Waals surface area (Å²) < 4.78 is 50.0. The van der Waals surface area contributed by atoms with Crippen molar-refractivity contribution in [2.75, 3.05) is 24.6 Å². The van der Waals surface area contributed by atoms with E-state index in [0.29, 0.717) is 60.0 Å². The molecule has 2 unspecified atom stereocenters. The van der Waals surface area contributed by atoms with Gasteiger partial charge in [0.1, 0.15) is 28.8 Å². The van der Waals surface area contributed by atoms with Gasteiger partial charge in [-0.15, -0.1) is 13.2 Å². The molecule has 266 valence electrons. The molecule has 10 heteroatoms. The minimum absolute atomic E-state index is 0.0966. The molecule has 5 rings (SSSR count). The van der Waals surface area contributed by atoms with Crippen LogP contribution in [0.2, 0.25) is 0 Å². The summed E-state index contributed by atoms with van der Waals surface area (Å²) in [6.07, 6.45) is 5.66. The molecule has 1 saturated heterocycles. The van der Waals surface area contributed by atoms with Gasteiger partial charge in [0.15, 0.2) is 6.10 Å². The van der Waals surface area contributed by atoms with Crippen molar-refractivity contribution >= 4 is 17.4 Å². The van der Waals surface area contributed by atoms with Gasteiger partial charge in [-0.2, -0.15) is 0 Å². The third-order valence-electron chi connectivity index (χ3n) is 8.89. The largest absolute Gasteiger partial charge is 0.490 e. The molecule has 1 aliphatic rings. The molecule has 1 N–H and O–H groups in total. The molecule has 2 aromatic carbocycles. The van der Waals surface area contributed by atoms with Crippen LogP contribution in [0.15, 0.2) is 74.0 Å². The van der Waals surface area contributed by atoms with Gasteiger partial charge in [-0.3, -0.25) is 4.40 Å². The summed E-state index contributed by atoms with van der Waals surface area (Å²) in [5.74, 6) is -1.78. The molecule has 0 spiro atoms. The molecule has 1 aliphatic heterocycles. The SMILES string of the molecule is C=CCOC1(C)CCN(c2c(C(OC(C)(C)C)C(=O)O)c(C)cc3nc(-c4cccc(-c5c(F)cc(F)cc5OC(C)CC=C)c4)cn23)CC1. The number of carboxylic acids is 1. The number of hydrogen-bond acceptors (Lipinski definition) is 6. The van der Waals surface area contributed by atoms with Crippen molar-refractivity contribution < 1.29 is 32.9 Å². The van der Waals surface area contributed by atoms with E-state index < -0.39 is 29.3 Å². The number of nitrogens with zero attached hydrogens (tertiary/aromatic N) is 3. The summed E-state index contributed by atoms with van der Waals surface area (Å²) in [6, 6.07) is 11.1. The van der Waals surface area contributed by atoms with E-state index in [1.54, 1.807) is 30.4 Å². The van der Waals surface area contributed by atoms with Crippen molar-refractivity contribution in [1.29, 1.82) is 0 Å². The number of aryl methyl sites for hydroxylation is 1. The predicted molar refractivity (Wildman–Crippen MR) is 193 cm³/mol. The van der Waals surface area contributed by atoms with Gasteiger partial charge >= 0.3 is 5.97 Å². The number of ether oxygens (including phenoxy) is 3. The average Bonchev–Trinajstić information content (AvgIpc) is 3.46. The number of anilines is 1. The fourth-order valence-electron chi connectivity index (χ4n) is 6.47. The summed E-state index contributed by atoms with van der Waals surface area (Å²) in [4.78, 5) is 20.0. The van der Waals surface area contributed by atoms with Crippen LogP contribution in [0.4, 0.5) is 14.6 Å². The van der Waals surface area contributed by atoms with Crippen LogP contribution < -0.4 is 9.64 Å². The number of aromatic nitrogens is 2. The third kappa shape index (κ3) is 8.08. The highest BCUT2D eigenvalue weighted by Crippen LogP contribution is 2.40. The minimum Gasteiger partial charge on any atom is -0.490 e. The zero-order valence-electron chi connectivity index (χ0n) is 29.8. The zero-order chi connectivity index (χ0) is 36.4. The first kappa shape index (κ1) is 36.7. The molecule has 0 saturated carbocycles. The maximum Gasteiger partial charge on any atom is 0.337 e. The van der Waals surface area contributed by atoms with Gasteiger partial charge in [0, 0.05) is 49.0 Å². The van der Waals surface area contributed by atoms with Crippen LogP contribution in [0.1, 0.15) is 71.1 Å². The fourth-order valence-corrected chi connectivity index (χ4v) is 6.47. The van der Waals surface area contributed by atoms with Gasteiger partial charge in [0.05, 0.1) is 35.2 Å². The lowest BCUT2D eigenvalue weighted by molar-refractivity contribution is -0.160. The maximum absolute atomic E-state index is 15.4. The van der Waals surface area contributed by atoms with Crippen LogP contribution >= 0.6 is 0 Å². The molecular formula is C40H47F2N3O5. The highest BCUT2D eigenvalue weighted by Gasteiger charge is 2.37. The molecule has 1 fully saturated rings. The normalized spacial score (nSPS) is 15.9. The van der Waals surface area contributed by atoms with E-state index >= 15 is 4.39 Å². The number of hydrogen-bond donors (Lipinski definition) is 1. The Morgan fingerprint density at radius 3 is 2.44 bits per heavy atom. The van der Waals surface area contributed by atoms with Crippen molar-refractivity contribution in [2.45, 2.75) is 84.2 Å². The highest BCUT2D eigenvalue weighted by molar-refractivity contribution is 5.80. The van der Waals surface area contributed by atoms with Crippen LogP contribution in [-0.4, -0.2) is 57.5 Å². The molecule has 0 aliphatic carbocycles. The number of rotatable bonds is 13. The zero-order valence-corrected chi connectivity index (χ0v) is 29.8. The van der Waals surface area contributed by atoms with Crippen LogP contribution in [0.5, 0.6) is 5.75 Å².